The number of para-hydroxylation sites is 1. The van der Waals surface area contributed by atoms with E-state index < -0.39 is 5.92 Å². The third-order valence-corrected chi connectivity index (χ3v) is 3.79. The zero-order valence-electron chi connectivity index (χ0n) is 14.5. The van der Waals surface area contributed by atoms with Crippen LogP contribution in [0.2, 0.25) is 0 Å². The Kier molecular flexibility index (Phi) is 8.75. The van der Waals surface area contributed by atoms with Gasteiger partial charge < -0.3 is 16.4 Å². The summed E-state index contributed by atoms with van der Waals surface area (Å²) in [6.07, 6.45) is 0.278. The van der Waals surface area contributed by atoms with E-state index in [1.165, 1.54) is 6.07 Å². The molecule has 2 rings (SSSR count). The monoisotopic (exact) mass is 379 g/mol. The Morgan fingerprint density at radius 2 is 1.77 bits per heavy atom. The van der Waals surface area contributed by atoms with E-state index in [-0.39, 0.29) is 36.5 Å². The summed E-state index contributed by atoms with van der Waals surface area (Å²) in [5.41, 5.74) is 6.65. The second-order valence-electron chi connectivity index (χ2n) is 5.78. The molecule has 5 nitrogen and oxygen atoms in total. The zero-order chi connectivity index (χ0) is 18.2. The molecule has 0 radical (unpaired) electrons. The highest BCUT2D eigenvalue weighted by Gasteiger charge is 2.18. The zero-order valence-corrected chi connectivity index (χ0v) is 15.3. The normalized spacial score (nSPS) is 11.2. The van der Waals surface area contributed by atoms with Crippen LogP contribution in [-0.2, 0) is 11.2 Å². The molecule has 0 aromatic heterocycles. The van der Waals surface area contributed by atoms with Crippen molar-refractivity contribution in [2.24, 2.45) is 11.7 Å². The molecule has 0 spiro atoms. The fraction of sp³-hybridized carbons (Fsp3) is 0.263. The van der Waals surface area contributed by atoms with Gasteiger partial charge >= 0.3 is 0 Å². The maximum atomic E-state index is 13.7. The number of amides is 2. The van der Waals surface area contributed by atoms with E-state index in [9.17, 15) is 14.0 Å². The van der Waals surface area contributed by atoms with Gasteiger partial charge in [0.1, 0.15) is 5.82 Å². The van der Waals surface area contributed by atoms with Gasteiger partial charge in [0.15, 0.2) is 0 Å². The van der Waals surface area contributed by atoms with Crippen molar-refractivity contribution >= 4 is 29.9 Å². The fourth-order valence-electron chi connectivity index (χ4n) is 2.41. The number of halogens is 2. The Balaban J connectivity index is 0.00000338. The lowest BCUT2D eigenvalue weighted by Crippen LogP contribution is -2.30. The van der Waals surface area contributed by atoms with Gasteiger partial charge in [-0.1, -0.05) is 37.3 Å². The molecule has 4 N–H and O–H groups in total. The second kappa shape index (κ2) is 10.5. The van der Waals surface area contributed by atoms with E-state index in [0.29, 0.717) is 29.9 Å². The molecule has 2 aromatic carbocycles. The van der Waals surface area contributed by atoms with Gasteiger partial charge in [0, 0.05) is 19.0 Å². The predicted molar refractivity (Wildman–Crippen MR) is 103 cm³/mol. The van der Waals surface area contributed by atoms with E-state index in [4.69, 9.17) is 5.73 Å². The summed E-state index contributed by atoms with van der Waals surface area (Å²) in [5, 5.41) is 5.43. The minimum absolute atomic E-state index is 0. The number of anilines is 1. The van der Waals surface area contributed by atoms with Gasteiger partial charge in [-0.25, -0.2) is 4.39 Å². The topological polar surface area (TPSA) is 84.2 Å². The Morgan fingerprint density at radius 1 is 1.12 bits per heavy atom. The van der Waals surface area contributed by atoms with Gasteiger partial charge in [0.25, 0.3) is 5.91 Å². The minimum Gasteiger partial charge on any atom is -0.351 e. The van der Waals surface area contributed by atoms with Crippen LogP contribution in [0.5, 0.6) is 0 Å². The van der Waals surface area contributed by atoms with Crippen molar-refractivity contribution in [3.05, 3.63) is 65.5 Å². The summed E-state index contributed by atoms with van der Waals surface area (Å²) in [7, 11) is 0. The molecule has 1 atom stereocenters. The number of carbonyl (C=O) groups excluding carboxylic acids is 2. The van der Waals surface area contributed by atoms with E-state index in [1.807, 2.05) is 0 Å². The van der Waals surface area contributed by atoms with Crippen LogP contribution in [0.3, 0.4) is 0 Å². The number of nitrogens with two attached hydrogens (primary N) is 1. The standard InChI is InChI=1S/C19H22FN3O2.ClH/c1-13(12-14-6-2-4-8-16(14)20)18(24)23-17-9-5-3-7-15(17)19(25)22-11-10-21;/h2-9,13H,10-12,21H2,1H3,(H,22,25)(H,23,24);1H. The molecule has 0 heterocycles. The first kappa shape index (κ1) is 21.6. The van der Waals surface area contributed by atoms with Gasteiger partial charge in [0.05, 0.1) is 11.3 Å². The molecule has 0 aliphatic carbocycles. The fourth-order valence-corrected chi connectivity index (χ4v) is 2.41. The number of benzene rings is 2. The molecule has 0 aliphatic heterocycles. The number of carbonyl (C=O) groups is 2. The predicted octanol–water partition coefficient (Wildman–Crippen LogP) is 2.75. The quantitative estimate of drug-likeness (QED) is 0.691. The summed E-state index contributed by atoms with van der Waals surface area (Å²) in [6.45, 7) is 2.41. The van der Waals surface area contributed by atoms with Crippen molar-refractivity contribution in [3.63, 3.8) is 0 Å². The van der Waals surface area contributed by atoms with Gasteiger partial charge in [-0.15, -0.1) is 12.4 Å². The molecule has 0 fully saturated rings. The third kappa shape index (κ3) is 5.82. The first-order chi connectivity index (χ1) is 12.0. The van der Waals surface area contributed by atoms with Crippen molar-refractivity contribution in [1.29, 1.82) is 0 Å². The molecule has 1 unspecified atom stereocenters. The smallest absolute Gasteiger partial charge is 0.253 e. The molecule has 7 heteroatoms. The lowest BCUT2D eigenvalue weighted by Gasteiger charge is -2.15. The molecule has 2 amide bonds. The molecular formula is C19H23ClFN3O2. The Bertz CT molecular complexity index is 755. The minimum atomic E-state index is -0.447. The van der Waals surface area contributed by atoms with Crippen molar-refractivity contribution in [2.75, 3.05) is 18.4 Å². The van der Waals surface area contributed by atoms with Crippen LogP contribution < -0.4 is 16.4 Å². The van der Waals surface area contributed by atoms with Gasteiger partial charge in [0.2, 0.25) is 5.91 Å². The molecule has 2 aromatic rings. The van der Waals surface area contributed by atoms with Crippen molar-refractivity contribution < 1.29 is 14.0 Å². The Labute approximate surface area is 158 Å². The number of nitrogens with one attached hydrogen (secondary N) is 2. The summed E-state index contributed by atoms with van der Waals surface area (Å²) in [4.78, 5) is 24.6. The maximum absolute atomic E-state index is 13.7. The van der Waals surface area contributed by atoms with Crippen LogP contribution in [0.15, 0.2) is 48.5 Å². The molecule has 0 aliphatic rings. The number of hydrogen-bond acceptors (Lipinski definition) is 3. The van der Waals surface area contributed by atoms with Crippen molar-refractivity contribution in [1.82, 2.24) is 5.32 Å². The van der Waals surface area contributed by atoms with Crippen molar-refractivity contribution in [3.8, 4) is 0 Å². The summed E-state index contributed by atoms with van der Waals surface area (Å²) >= 11 is 0. The largest absolute Gasteiger partial charge is 0.351 e. The Morgan fingerprint density at radius 3 is 2.46 bits per heavy atom. The van der Waals surface area contributed by atoms with E-state index in [0.717, 1.165) is 0 Å². The molecule has 26 heavy (non-hydrogen) atoms. The average Bonchev–Trinajstić information content (AvgIpc) is 2.62. The molecule has 140 valence electrons. The molecule has 0 bridgehead atoms. The molecule has 0 saturated carbocycles. The second-order valence-corrected chi connectivity index (χ2v) is 5.78. The van der Waals surface area contributed by atoms with Crippen LogP contribution in [0.1, 0.15) is 22.8 Å². The molecule has 0 saturated heterocycles. The Hall–Kier alpha value is -2.44. The molecular weight excluding hydrogens is 357 g/mol. The van der Waals surface area contributed by atoms with Gasteiger partial charge in [-0.05, 0) is 30.2 Å². The lowest BCUT2D eigenvalue weighted by molar-refractivity contribution is -0.119. The van der Waals surface area contributed by atoms with Crippen molar-refractivity contribution in [2.45, 2.75) is 13.3 Å². The highest BCUT2D eigenvalue weighted by atomic mass is 35.5. The first-order valence-corrected chi connectivity index (χ1v) is 8.14. The van der Waals surface area contributed by atoms with Gasteiger partial charge in [-0.3, -0.25) is 9.59 Å². The van der Waals surface area contributed by atoms with Crippen LogP contribution in [0, 0.1) is 11.7 Å². The van der Waals surface area contributed by atoms with Gasteiger partial charge in [-0.2, -0.15) is 0 Å². The third-order valence-electron chi connectivity index (χ3n) is 3.79. The van der Waals surface area contributed by atoms with Crippen LogP contribution in [0.25, 0.3) is 0 Å². The summed E-state index contributed by atoms with van der Waals surface area (Å²) in [6, 6.07) is 13.1. The number of hydrogen-bond donors (Lipinski definition) is 3. The van der Waals surface area contributed by atoms with E-state index >= 15 is 0 Å². The van der Waals surface area contributed by atoms with E-state index in [2.05, 4.69) is 10.6 Å². The average molecular weight is 380 g/mol. The SMILES string of the molecule is CC(Cc1ccccc1F)C(=O)Nc1ccccc1C(=O)NCCN.Cl. The first-order valence-electron chi connectivity index (χ1n) is 8.14. The number of rotatable bonds is 7. The van der Waals surface area contributed by atoms with Crippen LogP contribution in [0.4, 0.5) is 10.1 Å². The van der Waals surface area contributed by atoms with Crippen LogP contribution >= 0.6 is 12.4 Å². The summed E-state index contributed by atoms with van der Waals surface area (Å²) < 4.78 is 13.7. The lowest BCUT2D eigenvalue weighted by atomic mass is 9.99. The van der Waals surface area contributed by atoms with Crippen LogP contribution in [-0.4, -0.2) is 24.9 Å². The van der Waals surface area contributed by atoms with E-state index in [1.54, 1.807) is 49.4 Å². The summed E-state index contributed by atoms with van der Waals surface area (Å²) in [5.74, 6) is -1.36. The highest BCUT2D eigenvalue weighted by molar-refractivity contribution is 6.04. The maximum Gasteiger partial charge on any atom is 0.253 e. The highest BCUT2D eigenvalue weighted by Crippen LogP contribution is 2.18.